The molecule has 4 aromatic rings. The van der Waals surface area contributed by atoms with Gasteiger partial charge in [-0.25, -0.2) is 4.68 Å². The maximum Gasteiger partial charge on any atom is 0.223 e. The SMILES string of the molecule is Cc1nn(-c2ccccc2)c(C)c1CCC(=O)N(C)C(C)c1cc2ccccc2o1. The summed E-state index contributed by atoms with van der Waals surface area (Å²) in [6, 6.07) is 19.9. The molecule has 154 valence electrons. The van der Waals surface area contributed by atoms with E-state index < -0.39 is 0 Å². The Hall–Kier alpha value is -3.34. The monoisotopic (exact) mass is 401 g/mol. The summed E-state index contributed by atoms with van der Waals surface area (Å²) in [6.07, 6.45) is 1.10. The van der Waals surface area contributed by atoms with Crippen molar-refractivity contribution in [2.45, 2.75) is 39.7 Å². The summed E-state index contributed by atoms with van der Waals surface area (Å²) >= 11 is 0. The molecule has 0 fully saturated rings. The van der Waals surface area contributed by atoms with Gasteiger partial charge in [0.1, 0.15) is 11.3 Å². The van der Waals surface area contributed by atoms with Gasteiger partial charge < -0.3 is 9.32 Å². The van der Waals surface area contributed by atoms with E-state index in [-0.39, 0.29) is 11.9 Å². The van der Waals surface area contributed by atoms with E-state index in [9.17, 15) is 4.79 Å². The van der Waals surface area contributed by atoms with E-state index >= 15 is 0 Å². The standard InChI is InChI=1S/C25H27N3O2/c1-17-22(18(2)28(26-17)21-11-6-5-7-12-21)14-15-25(29)27(4)19(3)24-16-20-10-8-9-13-23(20)30-24/h5-13,16,19H,14-15H2,1-4H3. The molecule has 30 heavy (non-hydrogen) atoms. The number of para-hydroxylation sites is 2. The predicted octanol–water partition coefficient (Wildman–Crippen LogP) is 5.39. The van der Waals surface area contributed by atoms with Gasteiger partial charge in [0.2, 0.25) is 5.91 Å². The Bertz CT molecular complexity index is 1140. The van der Waals surface area contributed by atoms with Crippen LogP contribution in [0.4, 0.5) is 0 Å². The molecule has 0 aliphatic carbocycles. The minimum atomic E-state index is -0.126. The lowest BCUT2D eigenvalue weighted by atomic mass is 10.1. The first-order chi connectivity index (χ1) is 14.5. The Labute approximate surface area is 176 Å². The third-order valence-electron chi connectivity index (χ3n) is 5.86. The van der Waals surface area contributed by atoms with Crippen molar-refractivity contribution in [2.75, 3.05) is 7.05 Å². The molecule has 1 unspecified atom stereocenters. The second kappa shape index (κ2) is 8.19. The highest BCUT2D eigenvalue weighted by Crippen LogP contribution is 2.27. The number of nitrogens with zero attached hydrogens (tertiary/aromatic N) is 3. The molecule has 0 saturated carbocycles. The minimum absolute atomic E-state index is 0.0919. The number of hydrogen-bond donors (Lipinski definition) is 0. The zero-order chi connectivity index (χ0) is 21.3. The molecule has 0 aliphatic rings. The molecule has 2 heterocycles. The van der Waals surface area contributed by atoms with Crippen molar-refractivity contribution in [1.29, 1.82) is 0 Å². The third-order valence-corrected chi connectivity index (χ3v) is 5.86. The van der Waals surface area contributed by atoms with E-state index in [0.717, 1.165) is 39.4 Å². The number of hydrogen-bond acceptors (Lipinski definition) is 3. The van der Waals surface area contributed by atoms with Crippen LogP contribution in [0.25, 0.3) is 16.7 Å². The van der Waals surface area contributed by atoms with Crippen molar-refractivity contribution in [3.8, 4) is 5.69 Å². The van der Waals surface area contributed by atoms with Gasteiger partial charge in [-0.1, -0.05) is 36.4 Å². The average molecular weight is 402 g/mol. The van der Waals surface area contributed by atoms with Crippen LogP contribution in [0.3, 0.4) is 0 Å². The predicted molar refractivity (Wildman–Crippen MR) is 119 cm³/mol. The summed E-state index contributed by atoms with van der Waals surface area (Å²) < 4.78 is 7.90. The smallest absolute Gasteiger partial charge is 0.223 e. The second-order valence-corrected chi connectivity index (χ2v) is 7.76. The quantitative estimate of drug-likeness (QED) is 0.435. The molecule has 0 radical (unpaired) electrons. The van der Waals surface area contributed by atoms with Crippen molar-refractivity contribution >= 4 is 16.9 Å². The summed E-state index contributed by atoms with van der Waals surface area (Å²) in [5.74, 6) is 0.894. The van der Waals surface area contributed by atoms with Gasteiger partial charge in [-0.3, -0.25) is 4.79 Å². The first-order valence-electron chi connectivity index (χ1n) is 10.3. The topological polar surface area (TPSA) is 51.3 Å². The van der Waals surface area contributed by atoms with Gasteiger partial charge in [-0.2, -0.15) is 5.10 Å². The lowest BCUT2D eigenvalue weighted by molar-refractivity contribution is -0.132. The Kier molecular flexibility index (Phi) is 5.44. The highest BCUT2D eigenvalue weighted by molar-refractivity contribution is 5.79. The highest BCUT2D eigenvalue weighted by atomic mass is 16.3. The number of carbonyl (C=O) groups excluding carboxylic acids is 1. The number of carbonyl (C=O) groups is 1. The van der Waals surface area contributed by atoms with Gasteiger partial charge in [0.15, 0.2) is 0 Å². The molecule has 5 nitrogen and oxygen atoms in total. The first-order valence-corrected chi connectivity index (χ1v) is 10.3. The van der Waals surface area contributed by atoms with Crippen LogP contribution in [-0.4, -0.2) is 27.6 Å². The van der Waals surface area contributed by atoms with Crippen LogP contribution in [0.1, 0.15) is 42.1 Å². The van der Waals surface area contributed by atoms with E-state index in [1.807, 2.05) is 86.2 Å². The van der Waals surface area contributed by atoms with Gasteiger partial charge in [0.25, 0.3) is 0 Å². The molecule has 0 bridgehead atoms. The van der Waals surface area contributed by atoms with Crippen LogP contribution in [0, 0.1) is 13.8 Å². The molecule has 2 aromatic carbocycles. The fourth-order valence-corrected chi connectivity index (χ4v) is 3.88. The van der Waals surface area contributed by atoms with Crippen molar-refractivity contribution < 1.29 is 9.21 Å². The number of benzene rings is 2. The van der Waals surface area contributed by atoms with E-state index in [4.69, 9.17) is 4.42 Å². The van der Waals surface area contributed by atoms with Gasteiger partial charge >= 0.3 is 0 Å². The molecule has 1 atom stereocenters. The van der Waals surface area contributed by atoms with Gasteiger partial charge in [0, 0.05) is 24.5 Å². The number of aryl methyl sites for hydroxylation is 1. The second-order valence-electron chi connectivity index (χ2n) is 7.76. The molecule has 5 heteroatoms. The Morgan fingerprint density at radius 1 is 1.10 bits per heavy atom. The lowest BCUT2D eigenvalue weighted by Gasteiger charge is -2.23. The van der Waals surface area contributed by atoms with Crippen LogP contribution in [0.5, 0.6) is 0 Å². The first kappa shape index (κ1) is 20.0. The number of rotatable bonds is 6. The lowest BCUT2D eigenvalue weighted by Crippen LogP contribution is -2.29. The van der Waals surface area contributed by atoms with Crippen molar-refractivity contribution in [3.05, 3.63) is 83.4 Å². The Morgan fingerprint density at radius 2 is 1.80 bits per heavy atom. The number of fused-ring (bicyclic) bond motifs is 1. The van der Waals surface area contributed by atoms with Crippen molar-refractivity contribution in [1.82, 2.24) is 14.7 Å². The normalized spacial score (nSPS) is 12.3. The van der Waals surface area contributed by atoms with Crippen LogP contribution >= 0.6 is 0 Å². The zero-order valence-electron chi connectivity index (χ0n) is 17.9. The average Bonchev–Trinajstić information content (AvgIpc) is 3.32. The van der Waals surface area contributed by atoms with Gasteiger partial charge in [0.05, 0.1) is 17.4 Å². The van der Waals surface area contributed by atoms with Gasteiger partial charge in [-0.05, 0) is 57.0 Å². The fraction of sp³-hybridized carbons (Fsp3) is 0.280. The van der Waals surface area contributed by atoms with Crippen LogP contribution in [0.15, 0.2) is 65.1 Å². The summed E-state index contributed by atoms with van der Waals surface area (Å²) in [5.41, 5.74) is 5.07. The molecular formula is C25H27N3O2. The molecule has 0 N–H and O–H groups in total. The Morgan fingerprint density at radius 3 is 2.53 bits per heavy atom. The number of amides is 1. The summed E-state index contributed by atoms with van der Waals surface area (Å²) in [5, 5.41) is 5.74. The molecule has 1 amide bonds. The highest BCUT2D eigenvalue weighted by Gasteiger charge is 2.22. The minimum Gasteiger partial charge on any atom is -0.459 e. The molecule has 0 aliphatic heterocycles. The maximum absolute atomic E-state index is 12.9. The molecule has 2 aromatic heterocycles. The fourth-order valence-electron chi connectivity index (χ4n) is 3.88. The summed E-state index contributed by atoms with van der Waals surface area (Å²) in [7, 11) is 1.84. The summed E-state index contributed by atoms with van der Waals surface area (Å²) in [4.78, 5) is 14.7. The van der Waals surface area contributed by atoms with Crippen LogP contribution < -0.4 is 0 Å². The van der Waals surface area contributed by atoms with Crippen molar-refractivity contribution in [2.24, 2.45) is 0 Å². The van der Waals surface area contributed by atoms with E-state index in [2.05, 4.69) is 12.0 Å². The van der Waals surface area contributed by atoms with E-state index in [1.54, 1.807) is 4.90 Å². The summed E-state index contributed by atoms with van der Waals surface area (Å²) in [6.45, 7) is 6.07. The Balaban J connectivity index is 1.46. The third kappa shape index (κ3) is 3.75. The molecular weight excluding hydrogens is 374 g/mol. The van der Waals surface area contributed by atoms with Crippen molar-refractivity contribution in [3.63, 3.8) is 0 Å². The number of aromatic nitrogens is 2. The van der Waals surface area contributed by atoms with Crippen LogP contribution in [-0.2, 0) is 11.2 Å². The largest absolute Gasteiger partial charge is 0.459 e. The van der Waals surface area contributed by atoms with Crippen LogP contribution in [0.2, 0.25) is 0 Å². The van der Waals surface area contributed by atoms with E-state index in [1.165, 1.54) is 0 Å². The zero-order valence-corrected chi connectivity index (χ0v) is 17.9. The molecule has 0 spiro atoms. The van der Waals surface area contributed by atoms with Gasteiger partial charge in [-0.15, -0.1) is 0 Å². The number of furan rings is 1. The maximum atomic E-state index is 12.9. The molecule has 0 saturated heterocycles. The van der Waals surface area contributed by atoms with E-state index in [0.29, 0.717) is 12.8 Å². The molecule has 4 rings (SSSR count).